The fourth-order valence-electron chi connectivity index (χ4n) is 0.681. The van der Waals surface area contributed by atoms with Crippen molar-refractivity contribution >= 4 is 5.97 Å². The summed E-state index contributed by atoms with van der Waals surface area (Å²) < 4.78 is 4.82. The Labute approximate surface area is 70.7 Å². The molecule has 0 saturated heterocycles. The molecule has 0 saturated carbocycles. The number of hydrogen-bond donors (Lipinski definition) is 0. The molecule has 0 unspecified atom stereocenters. The predicted molar refractivity (Wildman–Crippen MR) is 44.7 cm³/mol. The summed E-state index contributed by atoms with van der Waals surface area (Å²) >= 11 is 0. The highest BCUT2D eigenvalue weighted by molar-refractivity contribution is 5.83. The quantitative estimate of drug-likeness (QED) is 0.490. The first-order valence-electron chi connectivity index (χ1n) is 3.58. The maximum Gasteiger partial charge on any atom is 0.337 e. The van der Waals surface area contributed by atoms with Crippen molar-refractivity contribution in [3.05, 3.63) is 36.5 Å². The lowest BCUT2D eigenvalue weighted by atomic mass is 10.5. The molecule has 1 aromatic rings. The van der Waals surface area contributed by atoms with E-state index in [0.29, 0.717) is 5.88 Å². The molecule has 0 amide bonds. The van der Waals surface area contributed by atoms with E-state index in [1.165, 1.54) is 6.08 Å². The number of nitrogens with zero attached hydrogens (tertiary/aromatic N) is 1. The first-order valence-corrected chi connectivity index (χ1v) is 3.58. The van der Waals surface area contributed by atoms with Crippen LogP contribution in [0.4, 0.5) is 0 Å². The minimum Gasteiger partial charge on any atom is -0.404 e. The molecule has 0 N–H and O–H groups in total. The van der Waals surface area contributed by atoms with E-state index in [2.05, 4.69) is 4.98 Å². The second kappa shape index (κ2) is 4.28. The standard InChI is InChI=1S/C9H9NO2/c1-2-5-9(11)12-8-6-3-4-7-10-8/h2-7H,1H3/b5-2+. The van der Waals surface area contributed by atoms with Crippen LogP contribution in [0.1, 0.15) is 6.92 Å². The molecule has 0 aliphatic heterocycles. The molecule has 0 aliphatic carbocycles. The van der Waals surface area contributed by atoms with Crippen LogP contribution in [0.15, 0.2) is 36.5 Å². The Kier molecular flexibility index (Phi) is 3.02. The van der Waals surface area contributed by atoms with Crippen LogP contribution >= 0.6 is 0 Å². The van der Waals surface area contributed by atoms with Crippen LogP contribution in [-0.2, 0) is 4.79 Å². The van der Waals surface area contributed by atoms with E-state index in [1.807, 2.05) is 0 Å². The number of allylic oxidation sites excluding steroid dienone is 1. The predicted octanol–water partition coefficient (Wildman–Crippen LogP) is 1.56. The van der Waals surface area contributed by atoms with Crippen LogP contribution in [0.5, 0.6) is 5.88 Å². The minimum atomic E-state index is -0.406. The molecule has 0 spiro atoms. The van der Waals surface area contributed by atoms with Crippen LogP contribution in [-0.4, -0.2) is 11.0 Å². The van der Waals surface area contributed by atoms with E-state index in [-0.39, 0.29) is 0 Å². The molecule has 62 valence electrons. The normalized spacial score (nSPS) is 10.1. The van der Waals surface area contributed by atoms with Gasteiger partial charge in [0.2, 0.25) is 5.88 Å². The average Bonchev–Trinajstić information content (AvgIpc) is 2.06. The summed E-state index contributed by atoms with van der Waals surface area (Å²) in [6.07, 6.45) is 4.53. The van der Waals surface area contributed by atoms with Crippen LogP contribution in [0.3, 0.4) is 0 Å². The van der Waals surface area contributed by atoms with Gasteiger partial charge in [-0.25, -0.2) is 9.78 Å². The molecule has 1 heterocycles. The van der Waals surface area contributed by atoms with Crippen molar-refractivity contribution in [2.45, 2.75) is 6.92 Å². The Bertz CT molecular complexity index is 280. The van der Waals surface area contributed by atoms with E-state index in [0.717, 1.165) is 0 Å². The first-order chi connectivity index (χ1) is 5.83. The van der Waals surface area contributed by atoms with Crippen molar-refractivity contribution in [1.29, 1.82) is 0 Å². The lowest BCUT2D eigenvalue weighted by molar-refractivity contribution is -0.129. The molecule has 0 aliphatic rings. The second-order valence-corrected chi connectivity index (χ2v) is 2.09. The highest BCUT2D eigenvalue weighted by Gasteiger charge is 1.98. The smallest absolute Gasteiger partial charge is 0.337 e. The Morgan fingerprint density at radius 2 is 2.42 bits per heavy atom. The lowest BCUT2D eigenvalue weighted by Crippen LogP contribution is -2.04. The summed E-state index contributed by atoms with van der Waals surface area (Å²) in [5.41, 5.74) is 0. The fraction of sp³-hybridized carbons (Fsp3) is 0.111. The summed E-state index contributed by atoms with van der Waals surface area (Å²) in [5, 5.41) is 0. The van der Waals surface area contributed by atoms with Crippen LogP contribution < -0.4 is 4.74 Å². The summed E-state index contributed by atoms with van der Waals surface area (Å²) in [4.78, 5) is 14.7. The Morgan fingerprint density at radius 1 is 1.58 bits per heavy atom. The van der Waals surface area contributed by atoms with E-state index in [9.17, 15) is 4.79 Å². The van der Waals surface area contributed by atoms with E-state index in [4.69, 9.17) is 4.74 Å². The number of ether oxygens (including phenoxy) is 1. The van der Waals surface area contributed by atoms with Gasteiger partial charge in [0.25, 0.3) is 0 Å². The molecular weight excluding hydrogens is 154 g/mol. The highest BCUT2D eigenvalue weighted by atomic mass is 16.5. The van der Waals surface area contributed by atoms with Gasteiger partial charge in [0.15, 0.2) is 0 Å². The van der Waals surface area contributed by atoms with Gasteiger partial charge in [-0.1, -0.05) is 12.1 Å². The Morgan fingerprint density at radius 3 is 3.00 bits per heavy atom. The molecule has 12 heavy (non-hydrogen) atoms. The summed E-state index contributed by atoms with van der Waals surface area (Å²) in [5.74, 6) is -0.0863. The molecule has 1 aromatic heterocycles. The number of rotatable bonds is 2. The van der Waals surface area contributed by atoms with Gasteiger partial charge in [0.1, 0.15) is 0 Å². The number of carbonyl (C=O) groups excluding carboxylic acids is 1. The number of pyridine rings is 1. The number of hydrogen-bond acceptors (Lipinski definition) is 3. The van der Waals surface area contributed by atoms with Gasteiger partial charge < -0.3 is 4.74 Å². The Hall–Kier alpha value is -1.64. The van der Waals surface area contributed by atoms with E-state index >= 15 is 0 Å². The van der Waals surface area contributed by atoms with Crippen molar-refractivity contribution < 1.29 is 9.53 Å². The summed E-state index contributed by atoms with van der Waals surface area (Å²) in [7, 11) is 0. The highest BCUT2D eigenvalue weighted by Crippen LogP contribution is 2.03. The third kappa shape index (κ3) is 2.54. The fourth-order valence-corrected chi connectivity index (χ4v) is 0.681. The van der Waals surface area contributed by atoms with Crippen LogP contribution in [0.25, 0.3) is 0 Å². The van der Waals surface area contributed by atoms with Gasteiger partial charge in [-0.15, -0.1) is 0 Å². The zero-order valence-corrected chi connectivity index (χ0v) is 6.73. The molecule has 3 nitrogen and oxygen atoms in total. The van der Waals surface area contributed by atoms with Gasteiger partial charge in [-0.05, 0) is 13.0 Å². The van der Waals surface area contributed by atoms with Crippen molar-refractivity contribution in [3.63, 3.8) is 0 Å². The third-order valence-electron chi connectivity index (χ3n) is 1.15. The van der Waals surface area contributed by atoms with Crippen molar-refractivity contribution in [1.82, 2.24) is 4.98 Å². The average molecular weight is 163 g/mol. The minimum absolute atomic E-state index is 0.320. The molecule has 1 rings (SSSR count). The Balaban J connectivity index is 2.59. The van der Waals surface area contributed by atoms with Crippen molar-refractivity contribution in [2.24, 2.45) is 0 Å². The number of carbonyl (C=O) groups is 1. The summed E-state index contributed by atoms with van der Waals surface area (Å²) in [6.45, 7) is 1.75. The first kappa shape index (κ1) is 8.46. The SMILES string of the molecule is C/C=C/C(=O)Oc1ccccn1. The molecule has 0 radical (unpaired) electrons. The zero-order chi connectivity index (χ0) is 8.81. The van der Waals surface area contributed by atoms with Crippen LogP contribution in [0.2, 0.25) is 0 Å². The van der Waals surface area contributed by atoms with Gasteiger partial charge in [-0.2, -0.15) is 0 Å². The summed E-state index contributed by atoms with van der Waals surface area (Å²) in [6, 6.07) is 5.14. The topological polar surface area (TPSA) is 39.2 Å². The third-order valence-corrected chi connectivity index (χ3v) is 1.15. The number of esters is 1. The van der Waals surface area contributed by atoms with E-state index in [1.54, 1.807) is 37.4 Å². The maximum atomic E-state index is 10.9. The van der Waals surface area contributed by atoms with Crippen molar-refractivity contribution in [2.75, 3.05) is 0 Å². The molecule has 0 bridgehead atoms. The van der Waals surface area contributed by atoms with E-state index < -0.39 is 5.97 Å². The number of aromatic nitrogens is 1. The van der Waals surface area contributed by atoms with Gasteiger partial charge in [-0.3, -0.25) is 0 Å². The van der Waals surface area contributed by atoms with Gasteiger partial charge in [0, 0.05) is 18.3 Å². The zero-order valence-electron chi connectivity index (χ0n) is 6.73. The lowest BCUT2D eigenvalue weighted by Gasteiger charge is -1.97. The molecule has 0 atom stereocenters. The van der Waals surface area contributed by atoms with Crippen LogP contribution in [0, 0.1) is 0 Å². The second-order valence-electron chi connectivity index (χ2n) is 2.09. The molecule has 0 aromatic carbocycles. The van der Waals surface area contributed by atoms with Gasteiger partial charge >= 0.3 is 5.97 Å². The van der Waals surface area contributed by atoms with Crippen molar-refractivity contribution in [3.8, 4) is 5.88 Å². The van der Waals surface area contributed by atoms with Gasteiger partial charge in [0.05, 0.1) is 0 Å². The molecule has 0 fully saturated rings. The maximum absolute atomic E-state index is 10.9. The monoisotopic (exact) mass is 163 g/mol. The largest absolute Gasteiger partial charge is 0.404 e. The molecular formula is C9H9NO2. The molecule has 3 heteroatoms.